The number of hydrogen-bond donors (Lipinski definition) is 0. The summed E-state index contributed by atoms with van der Waals surface area (Å²) in [5.74, 6) is 0.810. The van der Waals surface area contributed by atoms with Crippen LogP contribution in [0.1, 0.15) is 48.6 Å². The molecular formula is C24H29FN6O2. The number of likely N-dealkylation sites (N-methyl/N-ethyl adjacent to an activating group) is 1. The minimum atomic E-state index is -1.28. The van der Waals surface area contributed by atoms with Crippen molar-refractivity contribution in [2.75, 3.05) is 33.2 Å². The van der Waals surface area contributed by atoms with E-state index in [0.717, 1.165) is 25.9 Å². The number of carbonyl (C=O) groups is 1. The summed E-state index contributed by atoms with van der Waals surface area (Å²) < 4.78 is 21.4. The van der Waals surface area contributed by atoms with Crippen LogP contribution in [0.15, 0.2) is 34.9 Å². The van der Waals surface area contributed by atoms with Crippen molar-refractivity contribution in [2.24, 2.45) is 0 Å². The zero-order valence-corrected chi connectivity index (χ0v) is 19.3. The maximum Gasteiger partial charge on any atom is 0.278 e. The molecule has 174 valence electrons. The number of aromatic nitrogens is 4. The van der Waals surface area contributed by atoms with Crippen molar-refractivity contribution in [3.63, 3.8) is 0 Å². The minimum Gasteiger partial charge on any atom is -0.339 e. The Balaban J connectivity index is 1.39. The maximum atomic E-state index is 14.4. The van der Waals surface area contributed by atoms with E-state index in [-0.39, 0.29) is 23.8 Å². The molecule has 33 heavy (non-hydrogen) atoms. The molecule has 5 rings (SSSR count). The molecule has 1 saturated heterocycles. The van der Waals surface area contributed by atoms with Gasteiger partial charge in [-0.05, 0) is 50.9 Å². The van der Waals surface area contributed by atoms with Crippen molar-refractivity contribution in [1.82, 2.24) is 29.7 Å². The lowest BCUT2D eigenvalue weighted by atomic mass is 9.91. The normalized spacial score (nSPS) is 19.0. The molecule has 3 heterocycles. The first-order chi connectivity index (χ1) is 15.9. The van der Waals surface area contributed by atoms with Gasteiger partial charge in [-0.1, -0.05) is 29.4 Å². The highest BCUT2D eigenvalue weighted by molar-refractivity contribution is 5.76. The van der Waals surface area contributed by atoms with E-state index in [4.69, 9.17) is 4.52 Å². The van der Waals surface area contributed by atoms with Crippen LogP contribution in [0.2, 0.25) is 0 Å². The Hall–Kier alpha value is -3.07. The first-order valence-corrected chi connectivity index (χ1v) is 11.5. The number of benzene rings is 1. The molecule has 1 unspecified atom stereocenters. The van der Waals surface area contributed by atoms with Gasteiger partial charge in [0.05, 0.1) is 11.1 Å². The van der Waals surface area contributed by atoms with Crippen LogP contribution in [0.25, 0.3) is 11.6 Å². The molecule has 2 aromatic heterocycles. The number of carbonyl (C=O) groups excluding carboxylic acids is 1. The van der Waals surface area contributed by atoms with Crippen LogP contribution in [0, 0.1) is 6.92 Å². The number of hydrogen-bond acceptors (Lipinski definition) is 6. The molecule has 9 heteroatoms. The Bertz CT molecular complexity index is 1160. The first-order valence-electron chi connectivity index (χ1n) is 11.5. The Morgan fingerprint density at radius 2 is 1.94 bits per heavy atom. The van der Waals surface area contributed by atoms with Crippen LogP contribution in [-0.4, -0.2) is 68.9 Å². The van der Waals surface area contributed by atoms with E-state index in [0.29, 0.717) is 30.3 Å². The topological polar surface area (TPSA) is 80.3 Å². The third-order valence-electron chi connectivity index (χ3n) is 6.84. The molecule has 1 atom stereocenters. The minimum absolute atomic E-state index is 0.0125. The summed E-state index contributed by atoms with van der Waals surface area (Å²) >= 11 is 0. The zero-order chi connectivity index (χ0) is 23.2. The van der Waals surface area contributed by atoms with Gasteiger partial charge in [-0.2, -0.15) is 10.1 Å². The summed E-state index contributed by atoms with van der Waals surface area (Å²) in [6.07, 6.45) is 0.630. The van der Waals surface area contributed by atoms with Crippen molar-refractivity contribution >= 4 is 5.91 Å². The molecule has 1 amide bonds. The van der Waals surface area contributed by atoms with Crippen molar-refractivity contribution in [2.45, 2.75) is 44.8 Å². The van der Waals surface area contributed by atoms with E-state index >= 15 is 0 Å². The second kappa shape index (κ2) is 8.37. The number of piperazine rings is 1. The number of halogens is 1. The number of nitrogens with zero attached hydrogens (tertiary/aromatic N) is 6. The standard InChI is InChI=1S/C24H29FN6O2/c1-16-6-4-5-7-18(16)24(8-9-24)23-26-22(33-28-23)19-14-20(17(2)25)31(27-19)15-21(32)30-12-10-29(3)11-13-30/h4-7,14,17H,8-13,15H2,1-3H3. The van der Waals surface area contributed by atoms with Gasteiger partial charge in [0.15, 0.2) is 11.5 Å². The van der Waals surface area contributed by atoms with Gasteiger partial charge in [0.1, 0.15) is 12.7 Å². The summed E-state index contributed by atoms with van der Waals surface area (Å²) in [5.41, 5.74) is 2.89. The molecule has 1 aromatic carbocycles. The highest BCUT2D eigenvalue weighted by Crippen LogP contribution is 2.53. The first kappa shape index (κ1) is 21.8. The SMILES string of the molecule is Cc1ccccc1C1(c2noc(-c3cc(C(C)F)n(CC(=O)N4CCN(C)CC4)n3)n2)CC1. The van der Waals surface area contributed by atoms with Gasteiger partial charge in [0.25, 0.3) is 5.89 Å². The van der Waals surface area contributed by atoms with E-state index in [1.54, 1.807) is 11.0 Å². The fourth-order valence-corrected chi connectivity index (χ4v) is 4.64. The monoisotopic (exact) mass is 452 g/mol. The Labute approximate surface area is 192 Å². The fraction of sp³-hybridized carbons (Fsp3) is 0.500. The van der Waals surface area contributed by atoms with E-state index in [1.165, 1.54) is 22.7 Å². The summed E-state index contributed by atoms with van der Waals surface area (Å²) in [6, 6.07) is 9.85. The smallest absolute Gasteiger partial charge is 0.278 e. The van der Waals surface area contributed by atoms with Crippen LogP contribution in [0.5, 0.6) is 0 Å². The lowest BCUT2D eigenvalue weighted by Gasteiger charge is -2.32. The number of amides is 1. The Kier molecular flexibility index (Phi) is 5.52. The predicted molar refractivity (Wildman–Crippen MR) is 120 cm³/mol. The second-order valence-corrected chi connectivity index (χ2v) is 9.23. The van der Waals surface area contributed by atoms with E-state index in [2.05, 4.69) is 39.2 Å². The number of alkyl halides is 1. The van der Waals surface area contributed by atoms with Crippen LogP contribution < -0.4 is 0 Å². The molecule has 0 N–H and O–H groups in total. The van der Waals surface area contributed by atoms with E-state index in [9.17, 15) is 9.18 Å². The third-order valence-corrected chi connectivity index (χ3v) is 6.84. The van der Waals surface area contributed by atoms with Gasteiger partial charge in [-0.25, -0.2) is 4.39 Å². The van der Waals surface area contributed by atoms with Crippen LogP contribution in [0.3, 0.4) is 0 Å². The quantitative estimate of drug-likeness (QED) is 0.572. The van der Waals surface area contributed by atoms with Crippen LogP contribution in [0.4, 0.5) is 4.39 Å². The maximum absolute atomic E-state index is 14.4. The average Bonchev–Trinajstić information content (AvgIpc) is 3.24. The Morgan fingerprint density at radius 3 is 2.61 bits per heavy atom. The van der Waals surface area contributed by atoms with Gasteiger partial charge in [-0.15, -0.1) is 0 Å². The van der Waals surface area contributed by atoms with Crippen LogP contribution in [-0.2, 0) is 16.8 Å². The van der Waals surface area contributed by atoms with Crippen LogP contribution >= 0.6 is 0 Å². The summed E-state index contributed by atoms with van der Waals surface area (Å²) in [4.78, 5) is 21.4. The van der Waals surface area contributed by atoms with Crippen molar-refractivity contribution in [1.29, 1.82) is 0 Å². The third kappa shape index (κ3) is 4.06. The summed E-state index contributed by atoms with van der Waals surface area (Å²) in [6.45, 7) is 6.50. The Morgan fingerprint density at radius 1 is 1.21 bits per heavy atom. The average molecular weight is 453 g/mol. The van der Waals surface area contributed by atoms with Gasteiger partial charge >= 0.3 is 0 Å². The summed E-state index contributed by atoms with van der Waals surface area (Å²) in [5, 5.41) is 8.74. The molecule has 1 aliphatic carbocycles. The molecule has 3 aromatic rings. The molecule has 2 aliphatic rings. The van der Waals surface area contributed by atoms with Gasteiger partial charge < -0.3 is 14.3 Å². The molecule has 0 bridgehead atoms. The van der Waals surface area contributed by atoms with E-state index in [1.807, 2.05) is 19.2 Å². The lowest BCUT2D eigenvalue weighted by molar-refractivity contribution is -0.133. The zero-order valence-electron chi connectivity index (χ0n) is 19.3. The highest BCUT2D eigenvalue weighted by Gasteiger charge is 2.50. The lowest BCUT2D eigenvalue weighted by Crippen LogP contribution is -2.48. The fourth-order valence-electron chi connectivity index (χ4n) is 4.64. The van der Waals surface area contributed by atoms with Gasteiger partial charge in [-0.3, -0.25) is 9.48 Å². The highest BCUT2D eigenvalue weighted by atomic mass is 19.1. The molecule has 8 nitrogen and oxygen atoms in total. The number of aryl methyl sites for hydroxylation is 1. The molecular weight excluding hydrogens is 423 g/mol. The number of rotatable bonds is 6. The van der Waals surface area contributed by atoms with Gasteiger partial charge in [0, 0.05) is 26.2 Å². The second-order valence-electron chi connectivity index (χ2n) is 9.23. The van der Waals surface area contributed by atoms with Crippen molar-refractivity contribution in [3.05, 3.63) is 53.0 Å². The van der Waals surface area contributed by atoms with Crippen molar-refractivity contribution in [3.8, 4) is 11.6 Å². The molecule has 0 radical (unpaired) electrons. The van der Waals surface area contributed by atoms with Gasteiger partial charge in [0.2, 0.25) is 5.91 Å². The molecule has 0 spiro atoms. The largest absolute Gasteiger partial charge is 0.339 e. The summed E-state index contributed by atoms with van der Waals surface area (Å²) in [7, 11) is 2.04. The molecule has 1 saturated carbocycles. The van der Waals surface area contributed by atoms with Crippen molar-refractivity contribution < 1.29 is 13.7 Å². The molecule has 2 fully saturated rings. The molecule has 1 aliphatic heterocycles. The predicted octanol–water partition coefficient (Wildman–Crippen LogP) is 3.13. The van der Waals surface area contributed by atoms with E-state index < -0.39 is 6.17 Å².